The van der Waals surface area contributed by atoms with Gasteiger partial charge in [-0.1, -0.05) is 6.92 Å². The smallest absolute Gasteiger partial charge is 0.0103 e. The number of hydrogen-bond acceptors (Lipinski definition) is 1. The van der Waals surface area contributed by atoms with Crippen molar-refractivity contribution in [3.63, 3.8) is 0 Å². The standard InChI is InChI=1S/C10H19N/c1-4-6-7-8-10(3)11-9-5-2/h10-11H,5,7-9H2,1-3H3. The quantitative estimate of drug-likeness (QED) is 0.597. The highest BCUT2D eigenvalue weighted by Gasteiger charge is 1.96. The Hall–Kier alpha value is -0.480. The van der Waals surface area contributed by atoms with Crippen molar-refractivity contribution in [1.82, 2.24) is 5.32 Å². The summed E-state index contributed by atoms with van der Waals surface area (Å²) < 4.78 is 0. The van der Waals surface area contributed by atoms with E-state index in [0.717, 1.165) is 13.0 Å². The molecule has 0 saturated carbocycles. The zero-order valence-electron chi connectivity index (χ0n) is 7.91. The maximum Gasteiger partial charge on any atom is 0.0103 e. The van der Waals surface area contributed by atoms with Crippen molar-refractivity contribution in [2.45, 2.75) is 46.1 Å². The molecule has 0 rings (SSSR count). The van der Waals surface area contributed by atoms with E-state index in [-0.39, 0.29) is 0 Å². The first-order valence-corrected chi connectivity index (χ1v) is 4.44. The molecular weight excluding hydrogens is 134 g/mol. The van der Waals surface area contributed by atoms with E-state index >= 15 is 0 Å². The summed E-state index contributed by atoms with van der Waals surface area (Å²) in [6.45, 7) is 7.42. The second kappa shape index (κ2) is 7.63. The van der Waals surface area contributed by atoms with E-state index in [9.17, 15) is 0 Å². The summed E-state index contributed by atoms with van der Waals surface area (Å²) in [5, 5.41) is 3.42. The molecule has 1 nitrogen and oxygen atoms in total. The zero-order chi connectivity index (χ0) is 8.53. The Bertz CT molecular complexity index is 130. The number of nitrogens with one attached hydrogen (secondary N) is 1. The van der Waals surface area contributed by atoms with Crippen LogP contribution in [0.15, 0.2) is 0 Å². The minimum Gasteiger partial charge on any atom is -0.314 e. The molecule has 0 aromatic heterocycles. The Kier molecular flexibility index (Phi) is 7.29. The highest BCUT2D eigenvalue weighted by Crippen LogP contribution is 1.94. The lowest BCUT2D eigenvalue weighted by Crippen LogP contribution is -2.26. The van der Waals surface area contributed by atoms with Gasteiger partial charge in [-0.05, 0) is 33.2 Å². The highest BCUT2D eigenvalue weighted by molar-refractivity contribution is 4.95. The van der Waals surface area contributed by atoms with Gasteiger partial charge in [0.05, 0.1) is 0 Å². The van der Waals surface area contributed by atoms with Gasteiger partial charge in [0.1, 0.15) is 0 Å². The third-order valence-corrected chi connectivity index (χ3v) is 1.62. The molecule has 0 aliphatic rings. The van der Waals surface area contributed by atoms with E-state index in [1.165, 1.54) is 12.8 Å². The summed E-state index contributed by atoms with van der Waals surface area (Å²) in [5.74, 6) is 5.97. The fourth-order valence-corrected chi connectivity index (χ4v) is 0.906. The predicted octanol–water partition coefficient (Wildman–Crippen LogP) is 2.18. The third kappa shape index (κ3) is 7.42. The molecule has 0 bridgehead atoms. The molecule has 1 atom stereocenters. The largest absolute Gasteiger partial charge is 0.314 e. The van der Waals surface area contributed by atoms with Gasteiger partial charge >= 0.3 is 0 Å². The molecule has 0 saturated heterocycles. The van der Waals surface area contributed by atoms with Crippen molar-refractivity contribution in [1.29, 1.82) is 0 Å². The van der Waals surface area contributed by atoms with Crippen molar-refractivity contribution in [3.05, 3.63) is 0 Å². The minimum atomic E-state index is 0.621. The van der Waals surface area contributed by atoms with Crippen LogP contribution in [0.3, 0.4) is 0 Å². The number of hydrogen-bond donors (Lipinski definition) is 1. The zero-order valence-corrected chi connectivity index (χ0v) is 7.91. The van der Waals surface area contributed by atoms with Crippen LogP contribution in [-0.2, 0) is 0 Å². The van der Waals surface area contributed by atoms with Gasteiger partial charge in [0.15, 0.2) is 0 Å². The Morgan fingerprint density at radius 2 is 2.18 bits per heavy atom. The molecule has 0 aliphatic carbocycles. The molecule has 0 radical (unpaired) electrons. The van der Waals surface area contributed by atoms with Crippen molar-refractivity contribution in [2.75, 3.05) is 6.54 Å². The summed E-state index contributed by atoms with van der Waals surface area (Å²) in [4.78, 5) is 0. The average Bonchev–Trinajstić information content (AvgIpc) is 2.01. The normalized spacial score (nSPS) is 11.9. The predicted molar refractivity (Wildman–Crippen MR) is 50.4 cm³/mol. The van der Waals surface area contributed by atoms with Gasteiger partial charge in [-0.25, -0.2) is 0 Å². The monoisotopic (exact) mass is 153 g/mol. The summed E-state index contributed by atoms with van der Waals surface area (Å²) in [6.07, 6.45) is 3.40. The first-order valence-electron chi connectivity index (χ1n) is 4.44. The van der Waals surface area contributed by atoms with Gasteiger partial charge < -0.3 is 5.32 Å². The van der Waals surface area contributed by atoms with E-state index in [2.05, 4.69) is 31.0 Å². The molecule has 0 aromatic carbocycles. The Morgan fingerprint density at radius 3 is 2.73 bits per heavy atom. The molecule has 0 fully saturated rings. The van der Waals surface area contributed by atoms with E-state index in [4.69, 9.17) is 0 Å². The van der Waals surface area contributed by atoms with Crippen molar-refractivity contribution in [2.24, 2.45) is 0 Å². The topological polar surface area (TPSA) is 12.0 Å². The maximum atomic E-state index is 3.42. The summed E-state index contributed by atoms with van der Waals surface area (Å²) in [6, 6.07) is 0.621. The van der Waals surface area contributed by atoms with Crippen LogP contribution in [0.1, 0.15) is 40.0 Å². The first kappa shape index (κ1) is 10.5. The Labute approximate surface area is 70.6 Å². The molecule has 0 aromatic rings. The van der Waals surface area contributed by atoms with Crippen molar-refractivity contribution >= 4 is 0 Å². The van der Waals surface area contributed by atoms with Gasteiger partial charge in [0.25, 0.3) is 0 Å². The number of rotatable bonds is 5. The molecule has 64 valence electrons. The molecule has 0 aliphatic heterocycles. The van der Waals surface area contributed by atoms with Gasteiger partial charge in [-0.15, -0.1) is 11.8 Å². The molecule has 1 heteroatoms. The molecule has 11 heavy (non-hydrogen) atoms. The van der Waals surface area contributed by atoms with E-state index in [1.807, 2.05) is 6.92 Å². The fraction of sp³-hybridized carbons (Fsp3) is 0.800. The Balaban J connectivity index is 3.19. The van der Waals surface area contributed by atoms with Gasteiger partial charge in [0.2, 0.25) is 0 Å². The molecule has 0 amide bonds. The van der Waals surface area contributed by atoms with Crippen LogP contribution < -0.4 is 5.32 Å². The fourth-order valence-electron chi connectivity index (χ4n) is 0.906. The lowest BCUT2D eigenvalue weighted by atomic mass is 10.2. The highest BCUT2D eigenvalue weighted by atomic mass is 14.9. The van der Waals surface area contributed by atoms with Crippen LogP contribution >= 0.6 is 0 Å². The van der Waals surface area contributed by atoms with Gasteiger partial charge in [0, 0.05) is 12.5 Å². The summed E-state index contributed by atoms with van der Waals surface area (Å²) in [7, 11) is 0. The second-order valence-corrected chi connectivity index (χ2v) is 2.82. The van der Waals surface area contributed by atoms with Crippen molar-refractivity contribution < 1.29 is 0 Å². The molecule has 1 N–H and O–H groups in total. The molecule has 1 unspecified atom stereocenters. The second-order valence-electron chi connectivity index (χ2n) is 2.82. The summed E-state index contributed by atoms with van der Waals surface area (Å²) >= 11 is 0. The van der Waals surface area contributed by atoms with Crippen molar-refractivity contribution in [3.8, 4) is 11.8 Å². The van der Waals surface area contributed by atoms with E-state index in [0.29, 0.717) is 6.04 Å². The third-order valence-electron chi connectivity index (χ3n) is 1.62. The lowest BCUT2D eigenvalue weighted by Gasteiger charge is -2.10. The van der Waals surface area contributed by atoms with Crippen LogP contribution in [0, 0.1) is 11.8 Å². The average molecular weight is 153 g/mol. The van der Waals surface area contributed by atoms with E-state index in [1.54, 1.807) is 0 Å². The first-order chi connectivity index (χ1) is 5.31. The lowest BCUT2D eigenvalue weighted by molar-refractivity contribution is 0.520. The molecule has 0 heterocycles. The van der Waals surface area contributed by atoms with Gasteiger partial charge in [-0.3, -0.25) is 0 Å². The van der Waals surface area contributed by atoms with Crippen LogP contribution in [0.4, 0.5) is 0 Å². The molecular formula is C10H19N. The maximum absolute atomic E-state index is 3.42. The van der Waals surface area contributed by atoms with Crippen LogP contribution in [0.5, 0.6) is 0 Å². The Morgan fingerprint density at radius 1 is 1.45 bits per heavy atom. The SMILES string of the molecule is CC#CCCC(C)NCCC. The van der Waals surface area contributed by atoms with Crippen LogP contribution in [0.25, 0.3) is 0 Å². The minimum absolute atomic E-state index is 0.621. The summed E-state index contributed by atoms with van der Waals surface area (Å²) in [5.41, 5.74) is 0. The molecule has 0 spiro atoms. The van der Waals surface area contributed by atoms with Gasteiger partial charge in [-0.2, -0.15) is 0 Å². The van der Waals surface area contributed by atoms with Crippen LogP contribution in [0.2, 0.25) is 0 Å². The van der Waals surface area contributed by atoms with E-state index < -0.39 is 0 Å². The van der Waals surface area contributed by atoms with Crippen LogP contribution in [-0.4, -0.2) is 12.6 Å².